The summed E-state index contributed by atoms with van der Waals surface area (Å²) >= 11 is 0. The highest BCUT2D eigenvalue weighted by Crippen LogP contribution is 2.37. The monoisotopic (exact) mass is 615 g/mol. The van der Waals surface area contributed by atoms with Crippen molar-refractivity contribution in [3.8, 4) is 45.2 Å². The summed E-state index contributed by atoms with van der Waals surface area (Å²) in [5, 5.41) is 4.50. The van der Waals surface area contributed by atoms with Crippen LogP contribution in [0, 0.1) is 0 Å². The fraction of sp³-hybridized carbons (Fsp3) is 0.0465. The summed E-state index contributed by atoms with van der Waals surface area (Å²) in [6, 6.07) is 44.2. The highest BCUT2D eigenvalue weighted by atomic mass is 15.0. The molecule has 0 radical (unpaired) electrons. The fourth-order valence-electron chi connectivity index (χ4n) is 6.60. The average Bonchev–Trinajstić information content (AvgIpc) is 3.18. The van der Waals surface area contributed by atoms with Gasteiger partial charge in [0.15, 0.2) is 17.5 Å². The van der Waals surface area contributed by atoms with Crippen molar-refractivity contribution in [3.05, 3.63) is 158 Å². The van der Waals surface area contributed by atoms with Gasteiger partial charge in [-0.25, -0.2) is 19.9 Å². The van der Waals surface area contributed by atoms with Gasteiger partial charge in [0.05, 0.1) is 16.7 Å². The first kappa shape index (κ1) is 27.9. The molecule has 0 spiro atoms. The molecule has 5 aromatic carbocycles. The maximum atomic E-state index is 5.15. The van der Waals surface area contributed by atoms with Gasteiger partial charge in [-0.05, 0) is 52.4 Å². The van der Waals surface area contributed by atoms with E-state index in [4.69, 9.17) is 19.9 Å². The normalized spacial score (nSPS) is 12.9. The summed E-state index contributed by atoms with van der Waals surface area (Å²) < 4.78 is 0. The van der Waals surface area contributed by atoms with E-state index in [2.05, 4.69) is 114 Å². The maximum Gasteiger partial charge on any atom is 0.164 e. The molecule has 0 unspecified atom stereocenters. The molecule has 3 aromatic heterocycles. The first-order chi connectivity index (χ1) is 23.8. The van der Waals surface area contributed by atoms with Crippen LogP contribution in [0.15, 0.2) is 152 Å². The Hall–Kier alpha value is -6.33. The molecule has 0 saturated heterocycles. The van der Waals surface area contributed by atoms with Gasteiger partial charge in [-0.15, -0.1) is 0 Å². The van der Waals surface area contributed by atoms with E-state index < -0.39 is 0 Å². The van der Waals surface area contributed by atoms with E-state index >= 15 is 0 Å². The van der Waals surface area contributed by atoms with Crippen LogP contribution in [0.25, 0.3) is 83.3 Å². The number of rotatable bonds is 5. The van der Waals surface area contributed by atoms with Crippen molar-refractivity contribution in [3.63, 3.8) is 0 Å². The number of pyridine rings is 2. The highest BCUT2D eigenvalue weighted by molar-refractivity contribution is 6.07. The van der Waals surface area contributed by atoms with Crippen LogP contribution in [0.1, 0.15) is 18.7 Å². The summed E-state index contributed by atoms with van der Waals surface area (Å²) in [5.74, 6) is 2.09. The van der Waals surface area contributed by atoms with Crippen molar-refractivity contribution in [2.24, 2.45) is 0 Å². The second kappa shape index (κ2) is 11.8. The van der Waals surface area contributed by atoms with Crippen LogP contribution in [0.3, 0.4) is 0 Å². The predicted molar refractivity (Wildman–Crippen MR) is 196 cm³/mol. The van der Waals surface area contributed by atoms with Crippen molar-refractivity contribution < 1.29 is 0 Å². The third-order valence-corrected chi connectivity index (χ3v) is 9.05. The topological polar surface area (TPSA) is 64.5 Å². The van der Waals surface area contributed by atoms with Crippen LogP contribution in [-0.2, 0) is 0 Å². The molecule has 0 amide bonds. The Morgan fingerprint density at radius 2 is 1.10 bits per heavy atom. The first-order valence-corrected chi connectivity index (χ1v) is 16.2. The Morgan fingerprint density at radius 3 is 1.88 bits per heavy atom. The largest absolute Gasteiger partial charge is 0.254 e. The number of nitrogens with zero attached hydrogens (tertiary/aromatic N) is 5. The van der Waals surface area contributed by atoms with Crippen LogP contribution in [0.4, 0.5) is 0 Å². The zero-order chi connectivity index (χ0) is 31.9. The Labute approximate surface area is 278 Å². The molecule has 5 heteroatoms. The first-order valence-electron chi connectivity index (χ1n) is 16.2. The molecule has 3 heterocycles. The standard InChI is InChI=1S/C43H29N5/c1-3-10-31(11-4-1)41-46-42(32-12-5-2-6-13-32)48-43(47-41)33-21-17-28(18-22-33)34-24-25-37(36-16-8-7-15-35(34)36)38-26-23-30-20-19-29-14-9-27-44-39(29)40(30)45-38/h1-5,7-12,14-27H,6,13H2. The summed E-state index contributed by atoms with van der Waals surface area (Å²) in [6.45, 7) is 0. The molecule has 0 N–H and O–H groups in total. The van der Waals surface area contributed by atoms with E-state index in [0.717, 1.165) is 84.9 Å². The minimum Gasteiger partial charge on any atom is -0.254 e. The van der Waals surface area contributed by atoms with Crippen LogP contribution < -0.4 is 0 Å². The quantitative estimate of drug-likeness (QED) is 0.180. The summed E-state index contributed by atoms with van der Waals surface area (Å²) in [7, 11) is 0. The van der Waals surface area contributed by atoms with Crippen molar-refractivity contribution in [2.45, 2.75) is 12.8 Å². The molecule has 226 valence electrons. The van der Waals surface area contributed by atoms with Gasteiger partial charge in [-0.2, -0.15) is 0 Å². The number of fused-ring (bicyclic) bond motifs is 4. The summed E-state index contributed by atoms with van der Waals surface area (Å²) in [4.78, 5) is 24.6. The van der Waals surface area contributed by atoms with Gasteiger partial charge in [0.25, 0.3) is 0 Å². The van der Waals surface area contributed by atoms with Crippen LogP contribution in [-0.4, -0.2) is 24.9 Å². The van der Waals surface area contributed by atoms with Crippen LogP contribution in [0.5, 0.6) is 0 Å². The number of hydrogen-bond donors (Lipinski definition) is 0. The maximum absolute atomic E-state index is 5.15. The van der Waals surface area contributed by atoms with Gasteiger partial charge in [-0.1, -0.05) is 133 Å². The van der Waals surface area contributed by atoms with Crippen molar-refractivity contribution >= 4 is 38.2 Å². The highest BCUT2D eigenvalue weighted by Gasteiger charge is 2.16. The van der Waals surface area contributed by atoms with E-state index in [9.17, 15) is 0 Å². The SMILES string of the molecule is C1=CCCC(c2nc(-c3ccccc3)nc(-c3ccc(-c4ccc(-c5ccc6ccc7cccnc7c6n5)c5ccccc45)cc3)n2)=C1. The Balaban J connectivity index is 1.12. The lowest BCUT2D eigenvalue weighted by atomic mass is 9.93. The Morgan fingerprint density at radius 1 is 0.458 bits per heavy atom. The molecule has 1 aliphatic carbocycles. The number of hydrogen-bond acceptors (Lipinski definition) is 5. The lowest BCUT2D eigenvalue weighted by Crippen LogP contribution is -2.03. The molecule has 0 fully saturated rings. The molecule has 9 rings (SSSR count). The van der Waals surface area contributed by atoms with Crippen LogP contribution >= 0.6 is 0 Å². The van der Waals surface area contributed by atoms with Gasteiger partial charge >= 0.3 is 0 Å². The fourth-order valence-corrected chi connectivity index (χ4v) is 6.60. The molecule has 8 aromatic rings. The molecule has 5 nitrogen and oxygen atoms in total. The zero-order valence-electron chi connectivity index (χ0n) is 26.1. The second-order valence-electron chi connectivity index (χ2n) is 12.0. The van der Waals surface area contributed by atoms with Crippen LogP contribution in [0.2, 0.25) is 0 Å². The molecular formula is C43H29N5. The second-order valence-corrected chi connectivity index (χ2v) is 12.0. The van der Waals surface area contributed by atoms with Gasteiger partial charge in [0, 0.05) is 33.7 Å². The van der Waals surface area contributed by atoms with Gasteiger partial charge in [0.2, 0.25) is 0 Å². The van der Waals surface area contributed by atoms with Crippen molar-refractivity contribution in [2.75, 3.05) is 0 Å². The Bertz CT molecular complexity index is 2550. The summed E-state index contributed by atoms with van der Waals surface area (Å²) in [6.07, 6.45) is 10.1. The van der Waals surface area contributed by atoms with E-state index in [-0.39, 0.29) is 0 Å². The van der Waals surface area contributed by atoms with E-state index in [0.29, 0.717) is 11.6 Å². The molecule has 0 saturated carbocycles. The molecule has 0 atom stereocenters. The van der Waals surface area contributed by atoms with Crippen molar-refractivity contribution in [1.29, 1.82) is 0 Å². The predicted octanol–water partition coefficient (Wildman–Crippen LogP) is 10.5. The Kier molecular flexibility index (Phi) is 6.86. The molecule has 0 bridgehead atoms. The molecule has 0 aliphatic heterocycles. The van der Waals surface area contributed by atoms with Gasteiger partial charge in [-0.3, -0.25) is 4.98 Å². The van der Waals surface area contributed by atoms with E-state index in [1.54, 1.807) is 0 Å². The average molecular weight is 616 g/mol. The van der Waals surface area contributed by atoms with E-state index in [1.165, 1.54) is 5.39 Å². The molecular weight excluding hydrogens is 587 g/mol. The number of allylic oxidation sites excluding steroid dienone is 4. The minimum absolute atomic E-state index is 0.672. The van der Waals surface area contributed by atoms with Gasteiger partial charge < -0.3 is 0 Å². The smallest absolute Gasteiger partial charge is 0.164 e. The molecule has 48 heavy (non-hydrogen) atoms. The number of aromatic nitrogens is 5. The lowest BCUT2D eigenvalue weighted by Gasteiger charge is -2.13. The lowest BCUT2D eigenvalue weighted by molar-refractivity contribution is 0.978. The molecule has 1 aliphatic rings. The third-order valence-electron chi connectivity index (χ3n) is 9.05. The minimum atomic E-state index is 0.672. The number of benzene rings is 5. The summed E-state index contributed by atoms with van der Waals surface area (Å²) in [5.41, 5.74) is 9.22. The van der Waals surface area contributed by atoms with Gasteiger partial charge in [0.1, 0.15) is 0 Å². The zero-order valence-corrected chi connectivity index (χ0v) is 26.1. The van der Waals surface area contributed by atoms with Crippen molar-refractivity contribution in [1.82, 2.24) is 24.9 Å². The van der Waals surface area contributed by atoms with E-state index in [1.807, 2.05) is 42.6 Å². The third kappa shape index (κ3) is 5.02.